The van der Waals surface area contributed by atoms with Gasteiger partial charge in [0.1, 0.15) is 0 Å². The fourth-order valence-electron chi connectivity index (χ4n) is 0.349. The zero-order valence-electron chi connectivity index (χ0n) is 5.94. The maximum Gasteiger partial charge on any atom is 0.0217 e. The summed E-state index contributed by atoms with van der Waals surface area (Å²) in [4.78, 5) is 1.82. The summed E-state index contributed by atoms with van der Waals surface area (Å²) in [6, 6.07) is 2.87. The topological polar surface area (TPSA) is 3.24 Å². The Bertz CT molecular complexity index is 152. The van der Waals surface area contributed by atoms with Crippen molar-refractivity contribution in [3.8, 4) is 24.3 Å². The molecule has 0 aromatic rings. The summed E-state index contributed by atoms with van der Waals surface area (Å²) in [6.45, 7) is 0. The Balaban J connectivity index is 3.29. The minimum Gasteiger partial charge on any atom is -0.339 e. The van der Waals surface area contributed by atoms with Crippen LogP contribution in [0.4, 0.5) is 0 Å². The molecular weight excluding hydrogens is 110 g/mol. The van der Waals surface area contributed by atoms with Crippen molar-refractivity contribution in [2.24, 2.45) is 0 Å². The Kier molecular flexibility index (Phi) is 4.46. The van der Waals surface area contributed by atoms with Gasteiger partial charge in [-0.05, 0) is 0 Å². The molecule has 0 bridgehead atoms. The van der Waals surface area contributed by atoms with E-state index in [9.17, 15) is 0 Å². The van der Waals surface area contributed by atoms with Crippen LogP contribution in [0.25, 0.3) is 0 Å². The molecule has 0 rings (SSSR count). The third-order valence-electron chi connectivity index (χ3n) is 0.697. The maximum atomic E-state index is 5.01. The molecular formula is C8H11N. The third-order valence-corrected chi connectivity index (χ3v) is 0.697. The van der Waals surface area contributed by atoms with Crippen LogP contribution in [0.15, 0.2) is 0 Å². The molecule has 0 fully saturated rings. The van der Waals surface area contributed by atoms with Crippen LogP contribution in [-0.2, 0) is 0 Å². The molecule has 0 radical (unpaired) electrons. The number of terminal acetylenes is 1. The van der Waals surface area contributed by atoms with Crippen molar-refractivity contribution in [1.29, 1.82) is 0 Å². The molecule has 0 aliphatic heterocycles. The van der Waals surface area contributed by atoms with E-state index in [0.717, 1.165) is 12.8 Å². The lowest BCUT2D eigenvalue weighted by Gasteiger charge is -1.96. The Morgan fingerprint density at radius 3 is 2.44 bits per heavy atom. The second kappa shape index (κ2) is 5.06. The van der Waals surface area contributed by atoms with Crippen LogP contribution in [0.3, 0.4) is 0 Å². The lowest BCUT2D eigenvalue weighted by molar-refractivity contribution is 0.596. The zero-order valence-corrected chi connectivity index (χ0v) is 5.94. The molecule has 48 valence electrons. The fourth-order valence-corrected chi connectivity index (χ4v) is 0.349. The Labute approximate surface area is 57.1 Å². The zero-order chi connectivity index (χ0) is 7.11. The molecule has 0 aromatic heterocycles. The predicted octanol–water partition coefficient (Wildman–Crippen LogP) is 0.922. The third kappa shape index (κ3) is 6.92. The molecule has 0 N–H and O–H groups in total. The lowest BCUT2D eigenvalue weighted by Crippen LogP contribution is -2.00. The first-order valence-electron chi connectivity index (χ1n) is 2.86. The molecule has 1 heteroatoms. The van der Waals surface area contributed by atoms with Crippen molar-refractivity contribution in [2.75, 3.05) is 14.1 Å². The summed E-state index contributed by atoms with van der Waals surface area (Å²) in [5.74, 6) is 5.44. The number of nitrogens with zero attached hydrogens (tertiary/aromatic N) is 1. The molecule has 1 nitrogen and oxygen atoms in total. The van der Waals surface area contributed by atoms with E-state index in [1.165, 1.54) is 0 Å². The first-order chi connectivity index (χ1) is 4.27. The highest BCUT2D eigenvalue weighted by Gasteiger charge is 1.73. The van der Waals surface area contributed by atoms with Crippen LogP contribution < -0.4 is 0 Å². The molecule has 0 aliphatic rings. The van der Waals surface area contributed by atoms with Gasteiger partial charge in [0.2, 0.25) is 0 Å². The van der Waals surface area contributed by atoms with E-state index in [0.29, 0.717) is 0 Å². The first-order valence-corrected chi connectivity index (χ1v) is 2.86. The highest BCUT2D eigenvalue weighted by molar-refractivity contribution is 4.99. The standard InChI is InChI=1S/C8H11N/c1-4-5-6-7-8-9(2)3/h1H,5-6H2,2-3H3. The Morgan fingerprint density at radius 1 is 1.33 bits per heavy atom. The summed E-state index contributed by atoms with van der Waals surface area (Å²) in [6.07, 6.45) is 6.57. The Hall–Kier alpha value is -1.08. The van der Waals surface area contributed by atoms with Crippen LogP contribution >= 0.6 is 0 Å². The SMILES string of the molecule is C#CCCC#CN(C)C. The van der Waals surface area contributed by atoms with E-state index >= 15 is 0 Å². The maximum absolute atomic E-state index is 5.01. The first kappa shape index (κ1) is 7.92. The van der Waals surface area contributed by atoms with Crippen LogP contribution in [0.2, 0.25) is 0 Å². The van der Waals surface area contributed by atoms with Gasteiger partial charge in [-0.15, -0.1) is 12.3 Å². The number of hydrogen-bond donors (Lipinski definition) is 0. The van der Waals surface area contributed by atoms with Crippen molar-refractivity contribution in [3.63, 3.8) is 0 Å². The van der Waals surface area contributed by atoms with Crippen LogP contribution in [0.5, 0.6) is 0 Å². The van der Waals surface area contributed by atoms with Crippen LogP contribution in [-0.4, -0.2) is 19.0 Å². The van der Waals surface area contributed by atoms with Gasteiger partial charge in [0.05, 0.1) is 0 Å². The minimum atomic E-state index is 0.751. The van der Waals surface area contributed by atoms with Gasteiger partial charge in [0, 0.05) is 33.0 Å². The highest BCUT2D eigenvalue weighted by Crippen LogP contribution is 1.81. The van der Waals surface area contributed by atoms with Crippen LogP contribution in [0, 0.1) is 24.3 Å². The average Bonchev–Trinajstić information content (AvgIpc) is 1.80. The smallest absolute Gasteiger partial charge is 0.0217 e. The van der Waals surface area contributed by atoms with Gasteiger partial charge in [-0.3, -0.25) is 0 Å². The summed E-state index contributed by atoms with van der Waals surface area (Å²) in [5, 5.41) is 0. The quantitative estimate of drug-likeness (QED) is 0.283. The highest BCUT2D eigenvalue weighted by atomic mass is 15.0. The second-order valence-corrected chi connectivity index (χ2v) is 1.89. The molecule has 0 saturated heterocycles. The minimum absolute atomic E-state index is 0.751. The van der Waals surface area contributed by atoms with E-state index in [4.69, 9.17) is 6.42 Å². The normalized spacial score (nSPS) is 6.78. The van der Waals surface area contributed by atoms with Crippen molar-refractivity contribution in [1.82, 2.24) is 4.90 Å². The van der Waals surface area contributed by atoms with Gasteiger partial charge in [-0.25, -0.2) is 0 Å². The lowest BCUT2D eigenvalue weighted by atomic mass is 10.3. The molecule has 0 saturated carbocycles. The van der Waals surface area contributed by atoms with Crippen molar-refractivity contribution in [3.05, 3.63) is 0 Å². The molecule has 0 aromatic carbocycles. The van der Waals surface area contributed by atoms with Crippen molar-refractivity contribution >= 4 is 0 Å². The van der Waals surface area contributed by atoms with E-state index in [1.807, 2.05) is 19.0 Å². The van der Waals surface area contributed by atoms with Gasteiger partial charge in [-0.2, -0.15) is 0 Å². The molecule has 0 atom stereocenters. The number of hydrogen-bond acceptors (Lipinski definition) is 1. The number of unbranched alkanes of at least 4 members (excludes halogenated alkanes) is 1. The second-order valence-electron chi connectivity index (χ2n) is 1.89. The van der Waals surface area contributed by atoms with Gasteiger partial charge < -0.3 is 4.90 Å². The van der Waals surface area contributed by atoms with Gasteiger partial charge in [-0.1, -0.05) is 5.92 Å². The largest absolute Gasteiger partial charge is 0.339 e. The van der Waals surface area contributed by atoms with Gasteiger partial charge in [0.15, 0.2) is 0 Å². The molecule has 0 heterocycles. The van der Waals surface area contributed by atoms with E-state index in [1.54, 1.807) is 0 Å². The monoisotopic (exact) mass is 121 g/mol. The molecule has 0 amide bonds. The van der Waals surface area contributed by atoms with Crippen molar-refractivity contribution < 1.29 is 0 Å². The molecule has 0 spiro atoms. The van der Waals surface area contributed by atoms with Crippen molar-refractivity contribution in [2.45, 2.75) is 12.8 Å². The van der Waals surface area contributed by atoms with Gasteiger partial charge >= 0.3 is 0 Å². The predicted molar refractivity (Wildman–Crippen MR) is 39.5 cm³/mol. The molecule has 0 aliphatic carbocycles. The fraction of sp³-hybridized carbons (Fsp3) is 0.500. The summed E-state index contributed by atoms with van der Waals surface area (Å²) < 4.78 is 0. The molecule has 9 heavy (non-hydrogen) atoms. The Morgan fingerprint density at radius 2 is 2.00 bits per heavy atom. The van der Waals surface area contributed by atoms with Gasteiger partial charge in [0.25, 0.3) is 0 Å². The van der Waals surface area contributed by atoms with E-state index in [2.05, 4.69) is 17.9 Å². The molecule has 0 unspecified atom stereocenters. The van der Waals surface area contributed by atoms with E-state index in [-0.39, 0.29) is 0 Å². The number of rotatable bonds is 1. The average molecular weight is 121 g/mol. The van der Waals surface area contributed by atoms with Crippen LogP contribution in [0.1, 0.15) is 12.8 Å². The summed E-state index contributed by atoms with van der Waals surface area (Å²) >= 11 is 0. The summed E-state index contributed by atoms with van der Waals surface area (Å²) in [7, 11) is 3.81. The summed E-state index contributed by atoms with van der Waals surface area (Å²) in [5.41, 5.74) is 0. The van der Waals surface area contributed by atoms with E-state index < -0.39 is 0 Å².